The SMILES string of the molecule is N[N+]12C=CN=CC1=C([C@@H]1CC[C@H]3CCC(=O)N3C1)N=C2c1ccc(C(=O)Nc2cc(C(F)(F)F)ccn2)cc1C(=O)O. The number of piperidine rings is 1. The van der Waals surface area contributed by atoms with E-state index < -0.39 is 28.2 Å². The van der Waals surface area contributed by atoms with Crippen LogP contribution in [0.3, 0.4) is 0 Å². The van der Waals surface area contributed by atoms with Crippen molar-refractivity contribution in [3.05, 3.63) is 82.6 Å². The minimum atomic E-state index is -4.63. The summed E-state index contributed by atoms with van der Waals surface area (Å²) in [5, 5.41) is 12.4. The van der Waals surface area contributed by atoms with Crippen LogP contribution in [0.25, 0.3) is 0 Å². The molecule has 1 aromatic carbocycles. The number of amidine groups is 1. The van der Waals surface area contributed by atoms with Gasteiger partial charge in [0.25, 0.3) is 11.7 Å². The second kappa shape index (κ2) is 9.99. The fourth-order valence-corrected chi connectivity index (χ4v) is 5.90. The number of hydrogen-bond donors (Lipinski definition) is 3. The Morgan fingerprint density at radius 1 is 1.14 bits per heavy atom. The van der Waals surface area contributed by atoms with Gasteiger partial charge in [-0.15, -0.1) is 4.59 Å². The lowest BCUT2D eigenvalue weighted by atomic mass is 9.90. The van der Waals surface area contributed by atoms with E-state index in [4.69, 9.17) is 10.8 Å². The van der Waals surface area contributed by atoms with Crippen LogP contribution in [0.4, 0.5) is 19.0 Å². The number of carboxylic acids is 1. The fraction of sp³-hybridized carbons (Fsp3) is 0.286. The number of nitrogens with two attached hydrogens (primary N) is 1. The average Bonchev–Trinajstić information content (AvgIpc) is 3.48. The van der Waals surface area contributed by atoms with Gasteiger partial charge in [0.05, 0.1) is 29.1 Å². The topological polar surface area (TPSA) is 150 Å². The maximum absolute atomic E-state index is 13.1. The van der Waals surface area contributed by atoms with E-state index in [1.54, 1.807) is 12.4 Å². The number of pyridine rings is 1. The van der Waals surface area contributed by atoms with Crippen LogP contribution in [0.2, 0.25) is 0 Å². The van der Waals surface area contributed by atoms with Gasteiger partial charge in [-0.05, 0) is 49.6 Å². The summed E-state index contributed by atoms with van der Waals surface area (Å²) in [6.07, 6.45) is 3.85. The lowest BCUT2D eigenvalue weighted by molar-refractivity contribution is -0.750. The molecule has 1 unspecified atom stereocenters. The van der Waals surface area contributed by atoms with Crippen molar-refractivity contribution in [3.8, 4) is 0 Å². The molecule has 4 N–H and O–H groups in total. The van der Waals surface area contributed by atoms with Gasteiger partial charge in [0.15, 0.2) is 0 Å². The average molecular weight is 581 g/mol. The van der Waals surface area contributed by atoms with Crippen molar-refractivity contribution in [2.24, 2.45) is 21.7 Å². The lowest BCUT2D eigenvalue weighted by Crippen LogP contribution is -2.53. The van der Waals surface area contributed by atoms with Crippen molar-refractivity contribution < 1.29 is 37.3 Å². The molecule has 0 bridgehead atoms. The molecular weight excluding hydrogens is 555 g/mol. The highest BCUT2D eigenvalue weighted by Crippen LogP contribution is 2.41. The third-order valence-corrected chi connectivity index (χ3v) is 8.01. The monoisotopic (exact) mass is 580 g/mol. The Hall–Kier alpha value is -4.69. The summed E-state index contributed by atoms with van der Waals surface area (Å²) < 4.78 is 38.8. The number of anilines is 1. The van der Waals surface area contributed by atoms with Crippen LogP contribution in [0, 0.1) is 5.92 Å². The van der Waals surface area contributed by atoms with Gasteiger partial charge in [0.2, 0.25) is 11.6 Å². The van der Waals surface area contributed by atoms with Crippen LogP contribution < -0.4 is 11.2 Å². The second-order valence-corrected chi connectivity index (χ2v) is 10.5. The molecule has 2 saturated heterocycles. The summed E-state index contributed by atoms with van der Waals surface area (Å²) >= 11 is 0. The number of fused-ring (bicyclic) bond motifs is 2. The number of amides is 2. The maximum Gasteiger partial charge on any atom is 0.416 e. The summed E-state index contributed by atoms with van der Waals surface area (Å²) in [4.78, 5) is 52.4. The van der Waals surface area contributed by atoms with Crippen LogP contribution >= 0.6 is 0 Å². The van der Waals surface area contributed by atoms with Crippen molar-refractivity contribution in [3.63, 3.8) is 0 Å². The Bertz CT molecular complexity index is 1650. The number of aromatic nitrogens is 1. The predicted molar refractivity (Wildman–Crippen MR) is 144 cm³/mol. The number of allylic oxidation sites excluding steroid dienone is 1. The van der Waals surface area contributed by atoms with Crippen LogP contribution in [-0.2, 0) is 11.0 Å². The predicted octanol–water partition coefficient (Wildman–Crippen LogP) is 3.67. The molecule has 14 heteroatoms. The molecular formula is C28H25F3N7O4+. The zero-order valence-corrected chi connectivity index (χ0v) is 22.0. The van der Waals surface area contributed by atoms with Crippen molar-refractivity contribution in [1.82, 2.24) is 9.88 Å². The van der Waals surface area contributed by atoms with E-state index in [9.17, 15) is 32.7 Å². The standard InChI is InChI=1S/C28H24F3N7O4/c29-28(30,31)17-7-8-34-22(12-17)35-26(40)15-2-5-19(20(11-15)27(41)42)25-36-24(21-13-33-9-10-38(21,25)32)16-1-3-18-4-6-23(39)37(18)14-16/h2,5,7-13,16,18H,1,3-4,6,14,32H2,(H-,34,35,40,41,42)/p+1/t16-,18+,38?/m1/s1. The van der Waals surface area contributed by atoms with Crippen LogP contribution in [-0.4, -0.2) is 62.0 Å². The first kappa shape index (κ1) is 27.5. The first-order valence-corrected chi connectivity index (χ1v) is 13.2. The molecule has 2 aromatic rings. The second-order valence-electron chi connectivity index (χ2n) is 10.5. The van der Waals surface area contributed by atoms with Crippen LogP contribution in [0.1, 0.15) is 57.5 Å². The number of halogens is 3. The minimum Gasteiger partial charge on any atom is -0.478 e. The van der Waals surface area contributed by atoms with Crippen molar-refractivity contribution in [2.45, 2.75) is 37.9 Å². The van der Waals surface area contributed by atoms with Gasteiger partial charge in [-0.2, -0.15) is 24.0 Å². The highest BCUT2D eigenvalue weighted by molar-refractivity contribution is 6.10. The molecule has 216 valence electrons. The lowest BCUT2D eigenvalue weighted by Gasteiger charge is -2.35. The number of carbonyl (C=O) groups is 3. The normalized spacial score (nSPS) is 24.9. The summed E-state index contributed by atoms with van der Waals surface area (Å²) in [6.45, 7) is 0.477. The number of aromatic carboxylic acids is 1. The van der Waals surface area contributed by atoms with Gasteiger partial charge < -0.3 is 15.3 Å². The van der Waals surface area contributed by atoms with Crippen molar-refractivity contribution >= 4 is 35.7 Å². The van der Waals surface area contributed by atoms with Gasteiger partial charge in [-0.3, -0.25) is 14.6 Å². The van der Waals surface area contributed by atoms with Crippen molar-refractivity contribution in [1.29, 1.82) is 0 Å². The third-order valence-electron chi connectivity index (χ3n) is 8.01. The number of benzene rings is 1. The number of alkyl halides is 3. The number of carboxylic acid groups (broad SMARTS) is 1. The van der Waals surface area contributed by atoms with Gasteiger partial charge >= 0.3 is 12.1 Å². The highest BCUT2D eigenvalue weighted by atomic mass is 19.4. The smallest absolute Gasteiger partial charge is 0.416 e. The highest BCUT2D eigenvalue weighted by Gasteiger charge is 2.48. The quantitative estimate of drug-likeness (QED) is 0.363. The number of quaternary nitrogens is 1. The first-order valence-electron chi connectivity index (χ1n) is 13.2. The summed E-state index contributed by atoms with van der Waals surface area (Å²) in [5.41, 5.74) is -0.0738. The largest absolute Gasteiger partial charge is 0.478 e. The number of nitrogens with zero attached hydrogens (tertiary/aromatic N) is 5. The molecule has 0 saturated carbocycles. The minimum absolute atomic E-state index is 0.102. The third kappa shape index (κ3) is 4.67. The number of rotatable bonds is 5. The van der Waals surface area contributed by atoms with E-state index in [0.717, 1.165) is 37.6 Å². The Balaban J connectivity index is 1.33. The molecule has 0 aliphatic carbocycles. The Morgan fingerprint density at radius 2 is 1.95 bits per heavy atom. The summed E-state index contributed by atoms with van der Waals surface area (Å²) in [7, 11) is 0. The molecule has 4 aliphatic heterocycles. The molecule has 11 nitrogen and oxygen atoms in total. The zero-order chi connectivity index (χ0) is 29.8. The summed E-state index contributed by atoms with van der Waals surface area (Å²) in [5.74, 6) is 4.42. The Kier molecular flexibility index (Phi) is 6.54. The van der Waals surface area contributed by atoms with E-state index in [0.29, 0.717) is 30.4 Å². The van der Waals surface area contributed by atoms with Gasteiger partial charge in [0, 0.05) is 36.7 Å². The number of hydrogen-bond acceptors (Lipinski definition) is 7. The molecule has 4 aliphatic rings. The molecule has 2 amide bonds. The molecule has 5 heterocycles. The molecule has 1 aromatic heterocycles. The number of carbonyl (C=O) groups excluding carboxylic acids is 2. The van der Waals surface area contributed by atoms with Gasteiger partial charge in [-0.1, -0.05) is 0 Å². The molecule has 3 atom stereocenters. The number of nitrogens with one attached hydrogen (secondary N) is 1. The molecule has 2 fully saturated rings. The van der Waals surface area contributed by atoms with Crippen molar-refractivity contribution in [2.75, 3.05) is 11.9 Å². The van der Waals surface area contributed by atoms with Crippen LogP contribution in [0.15, 0.2) is 70.3 Å². The zero-order valence-electron chi connectivity index (χ0n) is 22.0. The van der Waals surface area contributed by atoms with E-state index in [-0.39, 0.29) is 46.2 Å². The fourth-order valence-electron chi connectivity index (χ4n) is 5.90. The van der Waals surface area contributed by atoms with E-state index >= 15 is 0 Å². The molecule has 0 spiro atoms. The molecule has 0 radical (unpaired) electrons. The van der Waals surface area contributed by atoms with Crippen LogP contribution in [0.5, 0.6) is 0 Å². The molecule has 42 heavy (non-hydrogen) atoms. The van der Waals surface area contributed by atoms with Gasteiger partial charge in [0.1, 0.15) is 17.7 Å². The Labute approximate surface area is 237 Å². The maximum atomic E-state index is 13.1. The van der Waals surface area contributed by atoms with E-state index in [2.05, 4.69) is 15.3 Å². The summed E-state index contributed by atoms with van der Waals surface area (Å²) in [6, 6.07) is 5.51. The van der Waals surface area contributed by atoms with E-state index in [1.807, 2.05) is 4.90 Å². The first-order chi connectivity index (χ1) is 20.0. The van der Waals surface area contributed by atoms with Gasteiger partial charge in [-0.25, -0.2) is 9.78 Å². The number of aliphatic imine (C=N–C) groups is 2. The van der Waals surface area contributed by atoms with E-state index in [1.165, 1.54) is 18.3 Å². The molecule has 6 rings (SSSR count). The Morgan fingerprint density at radius 3 is 2.71 bits per heavy atom.